The summed E-state index contributed by atoms with van der Waals surface area (Å²) in [5, 5.41) is 19.5. The Morgan fingerprint density at radius 2 is 1.81 bits per heavy atom. The Labute approximate surface area is 181 Å². The van der Waals surface area contributed by atoms with Gasteiger partial charge >= 0.3 is 6.18 Å². The summed E-state index contributed by atoms with van der Waals surface area (Å²) in [6.45, 7) is 0. The van der Waals surface area contributed by atoms with Gasteiger partial charge in [0.05, 0.1) is 39.5 Å². The largest absolute Gasteiger partial charge is 0.434 e. The molecule has 31 heavy (non-hydrogen) atoms. The molecule has 4 aromatic rings. The zero-order valence-corrected chi connectivity index (χ0v) is 16.6. The van der Waals surface area contributed by atoms with Crippen LogP contribution in [0, 0.1) is 10.1 Å². The molecule has 0 aliphatic rings. The standard InChI is InChI=1S/C18H9Cl2F3N6O2/c19-11-3-1-10(2-4-11)15-7-25-26-28(15)14-6-12(29(30)31)5-13(20)17(14)27-8-16(24-9-27)18(21,22)23/h1-9H. The molecule has 0 N–H and O–H groups in total. The summed E-state index contributed by atoms with van der Waals surface area (Å²) >= 11 is 12.2. The number of non-ortho nitro benzene ring substituents is 1. The van der Waals surface area contributed by atoms with E-state index < -0.39 is 16.8 Å². The van der Waals surface area contributed by atoms with E-state index in [2.05, 4.69) is 15.3 Å². The predicted molar refractivity (Wildman–Crippen MR) is 106 cm³/mol. The Morgan fingerprint density at radius 1 is 1.10 bits per heavy atom. The summed E-state index contributed by atoms with van der Waals surface area (Å²) in [5.74, 6) is 0. The van der Waals surface area contributed by atoms with E-state index in [-0.39, 0.29) is 22.1 Å². The number of halogens is 5. The highest BCUT2D eigenvalue weighted by atomic mass is 35.5. The summed E-state index contributed by atoms with van der Waals surface area (Å²) in [7, 11) is 0. The van der Waals surface area contributed by atoms with E-state index in [0.29, 0.717) is 16.3 Å². The highest BCUT2D eigenvalue weighted by Gasteiger charge is 2.34. The molecule has 4 rings (SSSR count). The van der Waals surface area contributed by atoms with Crippen LogP contribution >= 0.6 is 23.2 Å². The Balaban J connectivity index is 1.96. The maximum absolute atomic E-state index is 13.0. The lowest BCUT2D eigenvalue weighted by atomic mass is 10.1. The third kappa shape index (κ3) is 3.97. The fourth-order valence-corrected chi connectivity index (χ4v) is 3.35. The number of nitrogens with zero attached hydrogens (tertiary/aromatic N) is 6. The van der Waals surface area contributed by atoms with Gasteiger partial charge in [-0.3, -0.25) is 10.1 Å². The molecule has 0 saturated carbocycles. The Morgan fingerprint density at radius 3 is 2.42 bits per heavy atom. The van der Waals surface area contributed by atoms with E-state index in [1.165, 1.54) is 10.9 Å². The molecule has 0 bridgehead atoms. The lowest BCUT2D eigenvalue weighted by Crippen LogP contribution is -2.08. The minimum Gasteiger partial charge on any atom is -0.302 e. The quantitative estimate of drug-likeness (QED) is 0.297. The minimum atomic E-state index is -4.68. The number of alkyl halides is 3. The summed E-state index contributed by atoms with van der Waals surface area (Å²) in [6.07, 6.45) is -1.64. The predicted octanol–water partition coefficient (Wildman–Crippen LogP) is 5.35. The Bertz CT molecular complexity index is 1280. The van der Waals surface area contributed by atoms with E-state index in [0.717, 1.165) is 29.2 Å². The number of nitro benzene ring substituents is 1. The van der Waals surface area contributed by atoms with Crippen LogP contribution < -0.4 is 0 Å². The molecule has 0 atom stereocenters. The molecule has 158 valence electrons. The van der Waals surface area contributed by atoms with Crippen molar-refractivity contribution in [1.82, 2.24) is 24.5 Å². The van der Waals surface area contributed by atoms with E-state index in [1.54, 1.807) is 24.3 Å². The van der Waals surface area contributed by atoms with E-state index in [4.69, 9.17) is 23.2 Å². The summed E-state index contributed by atoms with van der Waals surface area (Å²) in [5.41, 5.74) is -0.458. The van der Waals surface area contributed by atoms with Gasteiger partial charge < -0.3 is 4.57 Å². The Kier molecular flexibility index (Phi) is 5.15. The molecule has 0 amide bonds. The van der Waals surface area contributed by atoms with Crippen molar-refractivity contribution in [2.75, 3.05) is 0 Å². The molecule has 0 spiro atoms. The van der Waals surface area contributed by atoms with Gasteiger partial charge in [0, 0.05) is 28.9 Å². The average Bonchev–Trinajstić information content (AvgIpc) is 3.37. The summed E-state index contributed by atoms with van der Waals surface area (Å²) in [4.78, 5) is 14.1. The van der Waals surface area contributed by atoms with Crippen LogP contribution in [0.3, 0.4) is 0 Å². The third-order valence-corrected chi connectivity index (χ3v) is 4.83. The number of rotatable bonds is 4. The molecule has 0 fully saturated rings. The number of hydrogen-bond acceptors (Lipinski definition) is 5. The first-order valence-corrected chi connectivity index (χ1v) is 9.17. The van der Waals surface area contributed by atoms with Crippen molar-refractivity contribution in [3.8, 4) is 22.6 Å². The summed E-state index contributed by atoms with van der Waals surface area (Å²) in [6, 6.07) is 8.78. The lowest BCUT2D eigenvalue weighted by Gasteiger charge is -2.14. The summed E-state index contributed by atoms with van der Waals surface area (Å²) < 4.78 is 41.4. The minimum absolute atomic E-state index is 0.0102. The number of hydrogen-bond donors (Lipinski definition) is 0. The highest BCUT2D eigenvalue weighted by molar-refractivity contribution is 6.33. The second-order valence-electron chi connectivity index (χ2n) is 6.25. The second kappa shape index (κ2) is 7.67. The molecular weight excluding hydrogens is 460 g/mol. The van der Waals surface area contributed by atoms with Gasteiger partial charge in [0.25, 0.3) is 5.69 Å². The maximum Gasteiger partial charge on any atom is 0.434 e. The molecule has 2 heterocycles. The fraction of sp³-hybridized carbons (Fsp3) is 0.0556. The normalized spacial score (nSPS) is 11.6. The zero-order valence-electron chi connectivity index (χ0n) is 15.1. The fourth-order valence-electron chi connectivity index (χ4n) is 2.92. The van der Waals surface area contributed by atoms with Crippen LogP contribution in [0.15, 0.2) is 55.1 Å². The van der Waals surface area contributed by atoms with Crippen LogP contribution in [0.4, 0.5) is 18.9 Å². The monoisotopic (exact) mass is 468 g/mol. The molecule has 0 aliphatic carbocycles. The van der Waals surface area contributed by atoms with Gasteiger partial charge in [0.15, 0.2) is 5.69 Å². The van der Waals surface area contributed by atoms with Crippen molar-refractivity contribution < 1.29 is 18.1 Å². The van der Waals surface area contributed by atoms with Crippen molar-refractivity contribution >= 4 is 28.9 Å². The van der Waals surface area contributed by atoms with Gasteiger partial charge in [-0.15, -0.1) is 5.10 Å². The Hall–Kier alpha value is -3.44. The van der Waals surface area contributed by atoms with Crippen LogP contribution in [-0.4, -0.2) is 29.5 Å². The van der Waals surface area contributed by atoms with Crippen LogP contribution in [0.5, 0.6) is 0 Å². The van der Waals surface area contributed by atoms with Crippen molar-refractivity contribution in [3.63, 3.8) is 0 Å². The smallest absolute Gasteiger partial charge is 0.302 e. The first-order valence-electron chi connectivity index (χ1n) is 8.41. The van der Waals surface area contributed by atoms with Crippen LogP contribution in [-0.2, 0) is 6.18 Å². The van der Waals surface area contributed by atoms with Crippen LogP contribution in [0.1, 0.15) is 5.69 Å². The molecule has 0 radical (unpaired) electrons. The third-order valence-electron chi connectivity index (χ3n) is 4.29. The lowest BCUT2D eigenvalue weighted by molar-refractivity contribution is -0.384. The van der Waals surface area contributed by atoms with Gasteiger partial charge in [0.1, 0.15) is 0 Å². The van der Waals surface area contributed by atoms with Crippen molar-refractivity contribution in [2.45, 2.75) is 6.18 Å². The first kappa shape index (κ1) is 20.8. The van der Waals surface area contributed by atoms with Gasteiger partial charge in [0.2, 0.25) is 0 Å². The SMILES string of the molecule is O=[N+]([O-])c1cc(Cl)c(-n2cnc(C(F)(F)F)c2)c(-n2nncc2-c2ccc(Cl)cc2)c1. The number of imidazole rings is 1. The van der Waals surface area contributed by atoms with Gasteiger partial charge in [-0.2, -0.15) is 13.2 Å². The number of aromatic nitrogens is 5. The maximum atomic E-state index is 13.0. The zero-order chi connectivity index (χ0) is 22.3. The van der Waals surface area contributed by atoms with E-state index in [9.17, 15) is 23.3 Å². The first-order chi connectivity index (χ1) is 14.6. The molecule has 2 aromatic carbocycles. The molecule has 13 heteroatoms. The van der Waals surface area contributed by atoms with E-state index >= 15 is 0 Å². The molecule has 8 nitrogen and oxygen atoms in total. The topological polar surface area (TPSA) is 91.7 Å². The molecule has 0 unspecified atom stereocenters. The van der Waals surface area contributed by atoms with Crippen molar-refractivity contribution in [3.05, 3.63) is 81.0 Å². The average molecular weight is 469 g/mol. The van der Waals surface area contributed by atoms with Gasteiger partial charge in [-0.25, -0.2) is 9.67 Å². The van der Waals surface area contributed by atoms with Gasteiger partial charge in [-0.1, -0.05) is 40.5 Å². The number of nitro groups is 1. The molecule has 0 aliphatic heterocycles. The second-order valence-corrected chi connectivity index (χ2v) is 7.10. The van der Waals surface area contributed by atoms with E-state index in [1.807, 2.05) is 0 Å². The van der Waals surface area contributed by atoms with Crippen LogP contribution in [0.2, 0.25) is 10.0 Å². The molecular formula is C18H9Cl2F3N6O2. The number of benzene rings is 2. The molecule has 0 saturated heterocycles. The van der Waals surface area contributed by atoms with Crippen LogP contribution in [0.25, 0.3) is 22.6 Å². The van der Waals surface area contributed by atoms with Crippen molar-refractivity contribution in [1.29, 1.82) is 0 Å². The van der Waals surface area contributed by atoms with Crippen molar-refractivity contribution in [2.24, 2.45) is 0 Å². The molecule has 2 aromatic heterocycles. The highest BCUT2D eigenvalue weighted by Crippen LogP contribution is 2.36. The van der Waals surface area contributed by atoms with Gasteiger partial charge in [-0.05, 0) is 12.1 Å².